The lowest BCUT2D eigenvalue weighted by Crippen LogP contribution is -2.48. The fourth-order valence-corrected chi connectivity index (χ4v) is 6.56. The third-order valence-electron chi connectivity index (χ3n) is 8.89. The van der Waals surface area contributed by atoms with Crippen LogP contribution in [0.4, 0.5) is 11.6 Å². The van der Waals surface area contributed by atoms with Crippen LogP contribution in [-0.2, 0) is 11.8 Å². The Labute approximate surface area is 234 Å². The Bertz CT molecular complexity index is 1410. The van der Waals surface area contributed by atoms with E-state index in [1.165, 1.54) is 25.9 Å². The maximum Gasteiger partial charge on any atom is 0.276 e. The molecule has 2 saturated heterocycles. The molecule has 4 heterocycles. The van der Waals surface area contributed by atoms with E-state index < -0.39 is 0 Å². The molecule has 0 atom stereocenters. The number of hydrogen-bond acceptors (Lipinski definition) is 7. The topological polar surface area (TPSA) is 133 Å². The van der Waals surface area contributed by atoms with Crippen LogP contribution in [0.5, 0.6) is 0 Å². The predicted molar refractivity (Wildman–Crippen MR) is 154 cm³/mol. The Kier molecular flexibility index (Phi) is 6.82. The highest BCUT2D eigenvalue weighted by Crippen LogP contribution is 2.42. The van der Waals surface area contributed by atoms with Gasteiger partial charge in [0.2, 0.25) is 5.95 Å². The molecular weight excluding hydrogens is 504 g/mol. The van der Waals surface area contributed by atoms with Gasteiger partial charge in [-0.15, -0.1) is 0 Å². The molecule has 0 saturated carbocycles. The van der Waals surface area contributed by atoms with E-state index >= 15 is 0 Å². The number of benzene rings is 1. The molecule has 0 unspecified atom stereocenters. The van der Waals surface area contributed by atoms with E-state index in [0.29, 0.717) is 40.8 Å². The molecule has 2 aliphatic heterocycles. The molecule has 0 bridgehead atoms. The van der Waals surface area contributed by atoms with Crippen molar-refractivity contribution in [1.29, 1.82) is 0 Å². The van der Waals surface area contributed by atoms with Gasteiger partial charge in [-0.05, 0) is 86.4 Å². The van der Waals surface area contributed by atoms with Gasteiger partial charge in [0.15, 0.2) is 5.69 Å². The molecule has 3 aliphatic rings. The number of nitrogen functional groups attached to an aromatic ring is 1. The number of aromatic nitrogens is 4. The van der Waals surface area contributed by atoms with Crippen molar-refractivity contribution < 1.29 is 9.59 Å². The van der Waals surface area contributed by atoms with E-state index in [9.17, 15) is 9.59 Å². The van der Waals surface area contributed by atoms with Crippen molar-refractivity contribution in [2.45, 2.75) is 64.3 Å². The molecule has 210 valence electrons. The number of anilines is 2. The second-order valence-electron chi connectivity index (χ2n) is 12.3. The third-order valence-corrected chi connectivity index (χ3v) is 8.89. The van der Waals surface area contributed by atoms with Crippen LogP contribution < -0.4 is 11.1 Å². The van der Waals surface area contributed by atoms with Crippen molar-refractivity contribution in [2.24, 2.45) is 5.92 Å². The lowest BCUT2D eigenvalue weighted by molar-refractivity contribution is 0.0560. The van der Waals surface area contributed by atoms with Gasteiger partial charge in [0, 0.05) is 42.1 Å². The number of H-pyrrole nitrogens is 1. The minimum atomic E-state index is -0.350. The lowest BCUT2D eigenvalue weighted by atomic mass is 9.73. The number of hydrogen-bond donors (Lipinski definition) is 3. The Morgan fingerprint density at radius 3 is 2.45 bits per heavy atom. The number of carbonyl (C=O) groups is 2. The van der Waals surface area contributed by atoms with E-state index in [1.54, 1.807) is 30.5 Å². The van der Waals surface area contributed by atoms with E-state index in [2.05, 4.69) is 51.2 Å². The van der Waals surface area contributed by atoms with E-state index in [0.717, 1.165) is 43.0 Å². The predicted octanol–water partition coefficient (Wildman–Crippen LogP) is 3.87. The molecule has 10 nitrogen and oxygen atoms in total. The summed E-state index contributed by atoms with van der Waals surface area (Å²) < 4.78 is 0. The van der Waals surface area contributed by atoms with Crippen LogP contribution in [0, 0.1) is 5.92 Å². The summed E-state index contributed by atoms with van der Waals surface area (Å²) in [5.41, 5.74) is 10.2. The average Bonchev–Trinajstić information content (AvgIpc) is 3.41. The summed E-state index contributed by atoms with van der Waals surface area (Å²) in [5, 5.41) is 10.3. The number of fused-ring (bicyclic) bond motifs is 3. The van der Waals surface area contributed by atoms with E-state index in [1.807, 2.05) is 4.90 Å². The van der Waals surface area contributed by atoms with Crippen molar-refractivity contribution in [2.75, 3.05) is 37.2 Å². The van der Waals surface area contributed by atoms with Gasteiger partial charge < -0.3 is 20.9 Å². The average molecular weight is 543 g/mol. The van der Waals surface area contributed by atoms with Gasteiger partial charge >= 0.3 is 0 Å². The maximum atomic E-state index is 13.3. The fourth-order valence-electron chi connectivity index (χ4n) is 6.56. The smallest absolute Gasteiger partial charge is 0.276 e. The lowest BCUT2D eigenvalue weighted by Gasteiger charge is -2.41. The van der Waals surface area contributed by atoms with Crippen LogP contribution in [0.25, 0.3) is 11.4 Å². The van der Waals surface area contributed by atoms with Gasteiger partial charge in [-0.25, -0.2) is 9.97 Å². The molecular formula is C30H38N8O2. The molecule has 1 aromatic carbocycles. The minimum Gasteiger partial charge on any atom is -0.368 e. The molecule has 40 heavy (non-hydrogen) atoms. The number of rotatable bonds is 4. The van der Waals surface area contributed by atoms with Crippen LogP contribution in [0.3, 0.4) is 0 Å². The summed E-state index contributed by atoms with van der Waals surface area (Å²) in [4.78, 5) is 39.6. The maximum absolute atomic E-state index is 13.3. The molecule has 6 rings (SSSR count). The number of nitrogens with two attached hydrogens (primary N) is 1. The first kappa shape index (κ1) is 26.4. The molecule has 1 aliphatic carbocycles. The molecule has 0 spiro atoms. The van der Waals surface area contributed by atoms with Crippen LogP contribution in [0.15, 0.2) is 30.5 Å². The van der Waals surface area contributed by atoms with Crippen LogP contribution in [0.1, 0.15) is 78.4 Å². The van der Waals surface area contributed by atoms with Crippen molar-refractivity contribution in [3.05, 3.63) is 52.8 Å². The number of nitrogens with zero attached hydrogens (tertiary/aromatic N) is 5. The van der Waals surface area contributed by atoms with Gasteiger partial charge in [0.05, 0.1) is 11.4 Å². The van der Waals surface area contributed by atoms with Crippen molar-refractivity contribution in [1.82, 2.24) is 30.0 Å². The summed E-state index contributed by atoms with van der Waals surface area (Å²) in [7, 11) is 0. The summed E-state index contributed by atoms with van der Waals surface area (Å²) in [5.74, 6) is 0.742. The SMILES string of the molecule is CC1CCN(C2CCN(C(=O)c3ccc(NC(=O)c4n[nH]c5c4C(C)(C)Cc4cnc(N)nc4-5)cc3)CC2)CC1. The number of amides is 2. The second-order valence-corrected chi connectivity index (χ2v) is 12.3. The Balaban J connectivity index is 1.10. The van der Waals surface area contributed by atoms with E-state index in [-0.39, 0.29) is 23.2 Å². The summed E-state index contributed by atoms with van der Waals surface area (Å²) >= 11 is 0. The zero-order chi connectivity index (χ0) is 28.0. The standard InChI is InChI=1S/C30H38N8O2/c1-18-8-12-37(13-9-18)22-10-14-38(15-11-22)28(40)19-4-6-21(7-5-19)33-27(39)26-23-25(35-36-26)24-20(16-30(23,2)3)17-32-29(31)34-24/h4-7,17-18,22H,8-16H2,1-3H3,(H,33,39)(H,35,36)(H2,31,32,34). The van der Waals surface area contributed by atoms with Crippen molar-refractivity contribution in [3.63, 3.8) is 0 Å². The quantitative estimate of drug-likeness (QED) is 0.456. The second kappa shape index (κ2) is 10.3. The Morgan fingerprint density at radius 2 is 1.75 bits per heavy atom. The zero-order valence-corrected chi connectivity index (χ0v) is 23.5. The van der Waals surface area contributed by atoms with Gasteiger partial charge in [-0.1, -0.05) is 20.8 Å². The molecule has 2 aromatic heterocycles. The molecule has 10 heteroatoms. The van der Waals surface area contributed by atoms with Gasteiger partial charge in [-0.2, -0.15) is 5.10 Å². The van der Waals surface area contributed by atoms with Gasteiger partial charge in [-0.3, -0.25) is 14.7 Å². The highest BCUT2D eigenvalue weighted by Gasteiger charge is 2.38. The summed E-state index contributed by atoms with van der Waals surface area (Å²) in [6, 6.07) is 7.72. The molecule has 4 N–H and O–H groups in total. The van der Waals surface area contributed by atoms with Crippen LogP contribution >= 0.6 is 0 Å². The number of piperidine rings is 2. The van der Waals surface area contributed by atoms with E-state index in [4.69, 9.17) is 5.73 Å². The zero-order valence-electron chi connectivity index (χ0n) is 23.5. The van der Waals surface area contributed by atoms with Gasteiger partial charge in [0.25, 0.3) is 11.8 Å². The number of nitrogens with one attached hydrogen (secondary N) is 2. The molecule has 2 fully saturated rings. The summed E-state index contributed by atoms with van der Waals surface area (Å²) in [6.45, 7) is 10.4. The highest BCUT2D eigenvalue weighted by atomic mass is 16.2. The highest BCUT2D eigenvalue weighted by molar-refractivity contribution is 6.05. The number of carbonyl (C=O) groups excluding carboxylic acids is 2. The largest absolute Gasteiger partial charge is 0.368 e. The minimum absolute atomic E-state index is 0.0478. The molecule has 3 aromatic rings. The van der Waals surface area contributed by atoms with Crippen molar-refractivity contribution in [3.8, 4) is 11.4 Å². The number of likely N-dealkylation sites (tertiary alicyclic amines) is 2. The number of aromatic amines is 1. The van der Waals surface area contributed by atoms with Gasteiger partial charge in [0.1, 0.15) is 0 Å². The summed E-state index contributed by atoms with van der Waals surface area (Å²) in [6.07, 6.45) is 7.02. The fraction of sp³-hybridized carbons (Fsp3) is 0.500. The third kappa shape index (κ3) is 4.96. The van der Waals surface area contributed by atoms with Crippen LogP contribution in [0.2, 0.25) is 0 Å². The van der Waals surface area contributed by atoms with Crippen LogP contribution in [-0.4, -0.2) is 74.0 Å². The first-order valence-electron chi connectivity index (χ1n) is 14.3. The first-order valence-corrected chi connectivity index (χ1v) is 14.3. The Hall–Kier alpha value is -3.79. The normalized spacial score (nSPS) is 19.6. The molecule has 0 radical (unpaired) electrons. The monoisotopic (exact) mass is 542 g/mol. The molecule has 2 amide bonds. The first-order chi connectivity index (χ1) is 19.2. The van der Waals surface area contributed by atoms with Crippen molar-refractivity contribution >= 4 is 23.5 Å². The Morgan fingerprint density at radius 1 is 1.05 bits per heavy atom.